The van der Waals surface area contributed by atoms with E-state index in [1.54, 1.807) is 18.6 Å². The summed E-state index contributed by atoms with van der Waals surface area (Å²) in [6.07, 6.45) is 0.0812. The van der Waals surface area contributed by atoms with Crippen LogP contribution in [0, 0.1) is 0 Å². The van der Waals surface area contributed by atoms with Crippen molar-refractivity contribution >= 4 is 5.97 Å². The molecule has 6 nitrogen and oxygen atoms in total. The van der Waals surface area contributed by atoms with E-state index in [4.69, 9.17) is 14.6 Å². The van der Waals surface area contributed by atoms with E-state index in [-0.39, 0.29) is 6.10 Å². The van der Waals surface area contributed by atoms with Crippen LogP contribution in [-0.2, 0) is 4.79 Å². The quantitative estimate of drug-likeness (QED) is 0.808. The normalized spacial score (nSPS) is 15.1. The maximum atomic E-state index is 10.6. The van der Waals surface area contributed by atoms with Crippen molar-refractivity contribution in [1.29, 1.82) is 0 Å². The van der Waals surface area contributed by atoms with Crippen molar-refractivity contribution in [2.24, 2.45) is 0 Å². The molecule has 18 heavy (non-hydrogen) atoms. The van der Waals surface area contributed by atoms with E-state index >= 15 is 0 Å². The van der Waals surface area contributed by atoms with E-state index in [0.29, 0.717) is 5.88 Å². The Morgan fingerprint density at radius 1 is 1.44 bits per heavy atom. The second-order valence-electron chi connectivity index (χ2n) is 3.24. The van der Waals surface area contributed by atoms with Crippen molar-refractivity contribution in [3.05, 3.63) is 18.6 Å². The highest BCUT2D eigenvalue weighted by atomic mass is 19.4. The molecule has 1 aromatic rings. The maximum absolute atomic E-state index is 10.6. The van der Waals surface area contributed by atoms with Crippen molar-refractivity contribution in [1.82, 2.24) is 15.3 Å². The van der Waals surface area contributed by atoms with Crippen LogP contribution in [-0.4, -0.2) is 46.4 Å². The number of halogens is 3. The number of nitrogens with one attached hydrogen (secondary N) is 1. The third-order valence-corrected chi connectivity index (χ3v) is 1.81. The molecule has 1 aliphatic heterocycles. The topological polar surface area (TPSA) is 84.3 Å². The number of hydrogen-bond acceptors (Lipinski definition) is 5. The Morgan fingerprint density at radius 3 is 2.39 bits per heavy atom. The average molecular weight is 265 g/mol. The molecular formula is C9H10F3N3O3. The number of aromatic nitrogens is 2. The lowest BCUT2D eigenvalue weighted by Crippen LogP contribution is -2.50. The fraction of sp³-hybridized carbons (Fsp3) is 0.444. The smallest absolute Gasteiger partial charge is 0.475 e. The number of carboxylic acid groups (broad SMARTS) is 1. The Labute approximate surface area is 99.8 Å². The molecule has 2 N–H and O–H groups in total. The average Bonchev–Trinajstić information content (AvgIpc) is 2.25. The summed E-state index contributed by atoms with van der Waals surface area (Å²) in [5.74, 6) is -2.15. The number of carboxylic acids is 1. The first-order chi connectivity index (χ1) is 8.39. The highest BCUT2D eigenvalue weighted by molar-refractivity contribution is 5.73. The fourth-order valence-electron chi connectivity index (χ4n) is 0.863. The van der Waals surface area contributed by atoms with E-state index in [2.05, 4.69) is 15.3 Å². The molecule has 0 saturated carbocycles. The lowest BCUT2D eigenvalue weighted by atomic mass is 10.2. The van der Waals surface area contributed by atoms with E-state index in [1.165, 1.54) is 0 Å². The second-order valence-corrected chi connectivity index (χ2v) is 3.24. The van der Waals surface area contributed by atoms with Gasteiger partial charge < -0.3 is 15.2 Å². The van der Waals surface area contributed by atoms with Gasteiger partial charge in [0.05, 0.1) is 6.20 Å². The minimum absolute atomic E-state index is 0.284. The summed E-state index contributed by atoms with van der Waals surface area (Å²) in [4.78, 5) is 16.8. The monoisotopic (exact) mass is 265 g/mol. The summed E-state index contributed by atoms with van der Waals surface area (Å²) >= 11 is 0. The third-order valence-electron chi connectivity index (χ3n) is 1.81. The largest absolute Gasteiger partial charge is 0.490 e. The van der Waals surface area contributed by atoms with Gasteiger partial charge in [-0.1, -0.05) is 0 Å². The summed E-state index contributed by atoms with van der Waals surface area (Å²) < 4.78 is 37.2. The molecule has 2 heterocycles. The molecule has 1 saturated heterocycles. The Kier molecular flexibility index (Phi) is 4.84. The fourth-order valence-corrected chi connectivity index (χ4v) is 0.863. The van der Waals surface area contributed by atoms with Crippen molar-refractivity contribution < 1.29 is 27.8 Å². The van der Waals surface area contributed by atoms with Crippen molar-refractivity contribution in [3.63, 3.8) is 0 Å². The summed E-state index contributed by atoms with van der Waals surface area (Å²) in [6, 6.07) is 0. The molecule has 2 rings (SSSR count). The number of nitrogens with zero attached hydrogens (tertiary/aromatic N) is 2. The molecule has 1 fully saturated rings. The molecule has 0 amide bonds. The van der Waals surface area contributed by atoms with Gasteiger partial charge in [0.2, 0.25) is 5.88 Å². The van der Waals surface area contributed by atoms with Crippen LogP contribution < -0.4 is 10.1 Å². The Hall–Kier alpha value is -1.90. The molecule has 0 unspecified atom stereocenters. The van der Waals surface area contributed by atoms with Crippen molar-refractivity contribution in [2.75, 3.05) is 13.1 Å². The van der Waals surface area contributed by atoms with Crippen molar-refractivity contribution in [2.45, 2.75) is 12.3 Å². The van der Waals surface area contributed by atoms with Crippen LogP contribution in [0.3, 0.4) is 0 Å². The Balaban J connectivity index is 0.000000203. The van der Waals surface area contributed by atoms with Crippen LogP contribution in [0.15, 0.2) is 18.6 Å². The van der Waals surface area contributed by atoms with Gasteiger partial charge in [0.25, 0.3) is 0 Å². The van der Waals surface area contributed by atoms with Gasteiger partial charge in [-0.25, -0.2) is 9.78 Å². The number of hydrogen-bond donors (Lipinski definition) is 2. The van der Waals surface area contributed by atoms with E-state index in [0.717, 1.165) is 13.1 Å². The molecule has 0 spiro atoms. The van der Waals surface area contributed by atoms with Gasteiger partial charge >= 0.3 is 12.1 Å². The second kappa shape index (κ2) is 6.15. The lowest BCUT2D eigenvalue weighted by Gasteiger charge is -2.26. The van der Waals surface area contributed by atoms with Crippen LogP contribution in [0.5, 0.6) is 5.88 Å². The third kappa shape index (κ3) is 4.95. The zero-order valence-corrected chi connectivity index (χ0v) is 9.02. The standard InChI is InChI=1S/C7H9N3O.C2HF3O2/c1-2-10-7(5-8-1)11-6-3-9-4-6;3-2(4,5)1(6)7/h1-2,5-6,9H,3-4H2;(H,6,7). The Morgan fingerprint density at radius 2 is 2.06 bits per heavy atom. The number of carbonyl (C=O) groups is 1. The Bertz CT molecular complexity index is 382. The maximum Gasteiger partial charge on any atom is 0.490 e. The molecule has 1 aliphatic rings. The molecule has 0 aliphatic carbocycles. The highest BCUT2D eigenvalue weighted by Crippen LogP contribution is 2.13. The van der Waals surface area contributed by atoms with Gasteiger partial charge in [0.1, 0.15) is 6.10 Å². The first-order valence-electron chi connectivity index (χ1n) is 4.83. The molecule has 0 radical (unpaired) electrons. The van der Waals surface area contributed by atoms with Gasteiger partial charge in [0.15, 0.2) is 0 Å². The molecule has 0 bridgehead atoms. The van der Waals surface area contributed by atoms with Gasteiger partial charge in [-0.15, -0.1) is 0 Å². The lowest BCUT2D eigenvalue weighted by molar-refractivity contribution is -0.192. The molecular weight excluding hydrogens is 255 g/mol. The van der Waals surface area contributed by atoms with Crippen LogP contribution in [0.2, 0.25) is 0 Å². The van der Waals surface area contributed by atoms with Crippen LogP contribution in [0.1, 0.15) is 0 Å². The number of rotatable bonds is 2. The molecule has 1 aromatic heterocycles. The summed E-state index contributed by atoms with van der Waals surface area (Å²) in [5.41, 5.74) is 0. The van der Waals surface area contributed by atoms with Crippen LogP contribution in [0.25, 0.3) is 0 Å². The summed E-state index contributed by atoms with van der Waals surface area (Å²) in [6.45, 7) is 1.83. The van der Waals surface area contributed by atoms with Crippen LogP contribution >= 0.6 is 0 Å². The van der Waals surface area contributed by atoms with Gasteiger partial charge in [-0.3, -0.25) is 4.98 Å². The first-order valence-corrected chi connectivity index (χ1v) is 4.83. The number of ether oxygens (including phenoxy) is 1. The molecule has 0 atom stereocenters. The predicted octanol–water partition coefficient (Wildman–Crippen LogP) is 0.460. The highest BCUT2D eigenvalue weighted by Gasteiger charge is 2.38. The minimum Gasteiger partial charge on any atom is -0.475 e. The van der Waals surface area contributed by atoms with Gasteiger partial charge in [0, 0.05) is 25.5 Å². The molecule has 9 heteroatoms. The summed E-state index contributed by atoms with van der Waals surface area (Å²) in [5, 5.41) is 10.2. The van der Waals surface area contributed by atoms with E-state index < -0.39 is 12.1 Å². The summed E-state index contributed by atoms with van der Waals surface area (Å²) in [7, 11) is 0. The predicted molar refractivity (Wildman–Crippen MR) is 53.0 cm³/mol. The number of alkyl halides is 3. The van der Waals surface area contributed by atoms with Gasteiger partial charge in [-0.05, 0) is 0 Å². The van der Waals surface area contributed by atoms with E-state index in [1.807, 2.05) is 0 Å². The SMILES string of the molecule is O=C(O)C(F)(F)F.c1cnc(OC2CNC2)cn1. The van der Waals surface area contributed by atoms with E-state index in [9.17, 15) is 13.2 Å². The van der Waals surface area contributed by atoms with Crippen LogP contribution in [0.4, 0.5) is 13.2 Å². The number of aliphatic carboxylic acids is 1. The van der Waals surface area contributed by atoms with Crippen molar-refractivity contribution in [3.8, 4) is 5.88 Å². The zero-order chi connectivity index (χ0) is 13.6. The zero-order valence-electron chi connectivity index (χ0n) is 9.02. The van der Waals surface area contributed by atoms with Gasteiger partial charge in [-0.2, -0.15) is 13.2 Å². The minimum atomic E-state index is -5.08. The molecule has 100 valence electrons. The first kappa shape index (κ1) is 14.2. The molecule has 0 aromatic carbocycles.